The number of ether oxygens (including phenoxy) is 2. The Bertz CT molecular complexity index is 963. The van der Waals surface area contributed by atoms with E-state index in [1.54, 1.807) is 30.3 Å². The lowest BCUT2D eigenvalue weighted by atomic mass is 10.1. The summed E-state index contributed by atoms with van der Waals surface area (Å²) in [5.74, 6) is 0.151. The van der Waals surface area contributed by atoms with Gasteiger partial charge in [0.05, 0.1) is 26.5 Å². The molecule has 2 aromatic carbocycles. The largest absolute Gasteiger partial charge is 0.493 e. The fourth-order valence-electron chi connectivity index (χ4n) is 3.35. The van der Waals surface area contributed by atoms with E-state index in [1.165, 1.54) is 19.2 Å². The van der Waals surface area contributed by atoms with Crippen molar-refractivity contribution in [1.29, 1.82) is 0 Å². The fraction of sp³-hybridized carbons (Fsp3) is 0.263. The monoisotopic (exact) mass is 400 g/mol. The maximum Gasteiger partial charge on any atom is 0.263 e. The highest BCUT2D eigenvalue weighted by molar-refractivity contribution is 6.30. The van der Waals surface area contributed by atoms with Crippen LogP contribution in [-0.2, 0) is 16.1 Å². The van der Waals surface area contributed by atoms with Crippen LogP contribution >= 0.6 is 11.6 Å². The predicted molar refractivity (Wildman–Crippen MR) is 101 cm³/mol. The van der Waals surface area contributed by atoms with Crippen LogP contribution in [0.25, 0.3) is 0 Å². The summed E-state index contributed by atoms with van der Waals surface area (Å²) in [7, 11) is 3.01. The SMILES string of the molecule is COc1ccc(N2C(=O)[C@@H]3[C@@H](N=NN3Cc3ccc(Cl)cc3)C2=O)cc1OC. The molecule has 2 heterocycles. The number of anilines is 1. The van der Waals surface area contributed by atoms with E-state index >= 15 is 0 Å². The number of amides is 2. The molecular formula is C19H17ClN4O4. The summed E-state index contributed by atoms with van der Waals surface area (Å²) in [5.41, 5.74) is 1.32. The maximum absolute atomic E-state index is 13.1. The van der Waals surface area contributed by atoms with Crippen molar-refractivity contribution in [2.75, 3.05) is 19.1 Å². The quantitative estimate of drug-likeness (QED) is 0.720. The van der Waals surface area contributed by atoms with Crippen LogP contribution in [0.4, 0.5) is 5.69 Å². The zero-order valence-electron chi connectivity index (χ0n) is 15.2. The number of nitrogens with zero attached hydrogens (tertiary/aromatic N) is 4. The molecule has 2 aliphatic heterocycles. The van der Waals surface area contributed by atoms with E-state index in [2.05, 4.69) is 10.3 Å². The number of methoxy groups -OCH3 is 2. The first-order chi connectivity index (χ1) is 13.5. The van der Waals surface area contributed by atoms with Gasteiger partial charge in [0.25, 0.3) is 11.8 Å². The highest BCUT2D eigenvalue weighted by atomic mass is 35.5. The number of fused-ring (bicyclic) bond motifs is 1. The molecule has 0 aliphatic carbocycles. The van der Waals surface area contributed by atoms with E-state index in [1.807, 2.05) is 12.1 Å². The number of carbonyl (C=O) groups is 2. The number of hydrogen-bond donors (Lipinski definition) is 0. The third-order valence-corrected chi connectivity index (χ3v) is 4.99. The zero-order chi connectivity index (χ0) is 19.8. The summed E-state index contributed by atoms with van der Waals surface area (Å²) < 4.78 is 10.5. The first-order valence-corrected chi connectivity index (χ1v) is 8.93. The average molecular weight is 401 g/mol. The molecule has 1 saturated heterocycles. The van der Waals surface area contributed by atoms with E-state index in [9.17, 15) is 9.59 Å². The van der Waals surface area contributed by atoms with Crippen LogP contribution in [0.3, 0.4) is 0 Å². The highest BCUT2D eigenvalue weighted by Crippen LogP contribution is 2.37. The Morgan fingerprint density at radius 2 is 1.71 bits per heavy atom. The van der Waals surface area contributed by atoms with Crippen LogP contribution < -0.4 is 14.4 Å². The maximum atomic E-state index is 13.1. The van der Waals surface area contributed by atoms with Crippen molar-refractivity contribution in [3.63, 3.8) is 0 Å². The third-order valence-electron chi connectivity index (χ3n) is 4.74. The fourth-order valence-corrected chi connectivity index (χ4v) is 3.48. The Morgan fingerprint density at radius 1 is 1.00 bits per heavy atom. The van der Waals surface area contributed by atoms with Gasteiger partial charge in [-0.2, -0.15) is 5.11 Å². The molecule has 144 valence electrons. The van der Waals surface area contributed by atoms with Crippen molar-refractivity contribution in [1.82, 2.24) is 5.01 Å². The molecule has 2 amide bonds. The molecule has 0 unspecified atom stereocenters. The summed E-state index contributed by atoms with van der Waals surface area (Å²) >= 11 is 5.91. The molecule has 0 N–H and O–H groups in total. The van der Waals surface area contributed by atoms with Gasteiger partial charge in [-0.1, -0.05) is 29.0 Å². The Balaban J connectivity index is 1.60. The average Bonchev–Trinajstić information content (AvgIpc) is 3.23. The van der Waals surface area contributed by atoms with Gasteiger partial charge in [0.15, 0.2) is 23.6 Å². The van der Waals surface area contributed by atoms with E-state index in [-0.39, 0.29) is 5.91 Å². The van der Waals surface area contributed by atoms with E-state index in [0.29, 0.717) is 28.8 Å². The molecule has 28 heavy (non-hydrogen) atoms. The molecule has 1 fully saturated rings. The molecular weight excluding hydrogens is 384 g/mol. The molecule has 2 aromatic rings. The second-order valence-electron chi connectivity index (χ2n) is 6.37. The highest BCUT2D eigenvalue weighted by Gasteiger charge is 2.54. The van der Waals surface area contributed by atoms with Crippen molar-refractivity contribution in [2.45, 2.75) is 18.6 Å². The molecule has 2 aliphatic rings. The van der Waals surface area contributed by atoms with Gasteiger partial charge in [-0.25, -0.2) is 4.90 Å². The van der Waals surface area contributed by atoms with Gasteiger partial charge in [-0.15, -0.1) is 0 Å². The molecule has 0 aromatic heterocycles. The minimum Gasteiger partial charge on any atom is -0.493 e. The summed E-state index contributed by atoms with van der Waals surface area (Å²) in [6.07, 6.45) is 0. The number of halogens is 1. The molecule has 0 saturated carbocycles. The first-order valence-electron chi connectivity index (χ1n) is 8.55. The summed E-state index contributed by atoms with van der Waals surface area (Å²) in [6.45, 7) is 0.348. The van der Waals surface area contributed by atoms with Crippen molar-refractivity contribution >= 4 is 29.1 Å². The van der Waals surface area contributed by atoms with E-state index in [0.717, 1.165) is 10.5 Å². The Hall–Kier alpha value is -3.13. The van der Waals surface area contributed by atoms with Crippen LogP contribution in [-0.4, -0.2) is 43.1 Å². The zero-order valence-corrected chi connectivity index (χ0v) is 16.0. The lowest BCUT2D eigenvalue weighted by Gasteiger charge is -2.21. The molecule has 0 spiro atoms. The summed E-state index contributed by atoms with van der Waals surface area (Å²) in [6, 6.07) is 10.5. The topological polar surface area (TPSA) is 83.8 Å². The van der Waals surface area contributed by atoms with Crippen LogP contribution in [0.5, 0.6) is 11.5 Å². The minimum absolute atomic E-state index is 0.348. The van der Waals surface area contributed by atoms with Gasteiger partial charge in [0.2, 0.25) is 0 Å². The molecule has 0 radical (unpaired) electrons. The first kappa shape index (κ1) is 18.2. The van der Waals surface area contributed by atoms with E-state index < -0.39 is 18.0 Å². The molecule has 0 bridgehead atoms. The third kappa shape index (κ3) is 2.95. The standard InChI is InChI=1S/C19H17ClN4O4/c1-27-14-8-7-13(9-15(14)28-2)24-18(25)16-17(19(24)26)23(22-21-16)10-11-3-5-12(20)6-4-11/h3-9,16-17H,10H2,1-2H3/t16-,17+/m1/s1. The van der Waals surface area contributed by atoms with Gasteiger partial charge in [0.1, 0.15) is 0 Å². The van der Waals surface area contributed by atoms with Crippen LogP contribution in [0.1, 0.15) is 5.56 Å². The molecule has 9 heteroatoms. The summed E-state index contributed by atoms with van der Waals surface area (Å²) in [5, 5.41) is 10.2. The number of hydrogen-bond acceptors (Lipinski definition) is 7. The number of imide groups is 1. The smallest absolute Gasteiger partial charge is 0.263 e. The molecule has 8 nitrogen and oxygen atoms in total. The van der Waals surface area contributed by atoms with Crippen LogP contribution in [0.2, 0.25) is 5.02 Å². The predicted octanol–water partition coefficient (Wildman–Crippen LogP) is 2.85. The molecule has 2 atom stereocenters. The van der Waals surface area contributed by atoms with Crippen LogP contribution in [0, 0.1) is 0 Å². The second-order valence-corrected chi connectivity index (χ2v) is 6.81. The molecule has 4 rings (SSSR count). The lowest BCUT2D eigenvalue weighted by molar-refractivity contribution is -0.123. The van der Waals surface area contributed by atoms with Crippen molar-refractivity contribution in [2.24, 2.45) is 10.3 Å². The number of benzene rings is 2. The second kappa shape index (κ2) is 7.12. The Morgan fingerprint density at radius 3 is 2.39 bits per heavy atom. The van der Waals surface area contributed by atoms with Crippen molar-refractivity contribution in [3.05, 3.63) is 53.1 Å². The van der Waals surface area contributed by atoms with E-state index in [4.69, 9.17) is 21.1 Å². The van der Waals surface area contributed by atoms with Crippen molar-refractivity contribution in [3.8, 4) is 11.5 Å². The van der Waals surface area contributed by atoms with Gasteiger partial charge in [0, 0.05) is 11.1 Å². The van der Waals surface area contributed by atoms with Gasteiger partial charge < -0.3 is 9.47 Å². The number of rotatable bonds is 5. The van der Waals surface area contributed by atoms with Crippen molar-refractivity contribution < 1.29 is 19.1 Å². The van der Waals surface area contributed by atoms with Crippen LogP contribution in [0.15, 0.2) is 52.8 Å². The number of carbonyl (C=O) groups excluding carboxylic acids is 2. The van der Waals surface area contributed by atoms with Gasteiger partial charge >= 0.3 is 0 Å². The Kier molecular flexibility index (Phi) is 4.64. The lowest BCUT2D eigenvalue weighted by Crippen LogP contribution is -2.39. The normalized spacial score (nSPS) is 20.7. The van der Waals surface area contributed by atoms with Gasteiger partial charge in [-0.05, 0) is 29.8 Å². The minimum atomic E-state index is -0.854. The van der Waals surface area contributed by atoms with Gasteiger partial charge in [-0.3, -0.25) is 14.6 Å². The summed E-state index contributed by atoms with van der Waals surface area (Å²) in [4.78, 5) is 27.0. The Labute approximate surface area is 166 Å².